The number of esters is 1. The van der Waals surface area contributed by atoms with Crippen LogP contribution in [0, 0.1) is 0 Å². The Morgan fingerprint density at radius 2 is 1.72 bits per heavy atom. The minimum atomic E-state index is -0.999. The molecule has 1 aliphatic carbocycles. The Hall–Kier alpha value is -2.90. The van der Waals surface area contributed by atoms with Crippen LogP contribution in [0.1, 0.15) is 43.2 Å². The summed E-state index contributed by atoms with van der Waals surface area (Å²) in [5.41, 5.74) is 4.55. The molecule has 0 aromatic heterocycles. The van der Waals surface area contributed by atoms with Crippen LogP contribution in [0.5, 0.6) is 0 Å². The number of alkyl carbamates (subject to hydrolysis) is 1. The van der Waals surface area contributed by atoms with Crippen LogP contribution in [-0.2, 0) is 23.7 Å². The van der Waals surface area contributed by atoms with Crippen LogP contribution in [0.4, 0.5) is 4.79 Å². The molecule has 0 spiro atoms. The van der Waals surface area contributed by atoms with Crippen LogP contribution in [0.25, 0.3) is 11.1 Å². The van der Waals surface area contributed by atoms with Crippen molar-refractivity contribution in [2.45, 2.75) is 50.5 Å². The fourth-order valence-electron chi connectivity index (χ4n) is 4.40. The van der Waals surface area contributed by atoms with Gasteiger partial charge in [0.2, 0.25) is 0 Å². The van der Waals surface area contributed by atoms with Gasteiger partial charge in [0.15, 0.2) is 12.3 Å². The van der Waals surface area contributed by atoms with Crippen molar-refractivity contribution in [1.29, 1.82) is 0 Å². The Labute approximate surface area is 188 Å². The largest absolute Gasteiger partial charge is 0.467 e. The topological polar surface area (TPSA) is 83.1 Å². The van der Waals surface area contributed by atoms with Gasteiger partial charge in [-0.25, -0.2) is 9.59 Å². The highest BCUT2D eigenvalue weighted by molar-refractivity contribution is 5.82. The van der Waals surface area contributed by atoms with Gasteiger partial charge in [-0.05, 0) is 48.4 Å². The van der Waals surface area contributed by atoms with Crippen molar-refractivity contribution in [2.24, 2.45) is 0 Å². The van der Waals surface area contributed by atoms with Gasteiger partial charge in [-0.1, -0.05) is 48.5 Å². The molecule has 0 bridgehead atoms. The number of methoxy groups -OCH3 is 1. The van der Waals surface area contributed by atoms with Crippen LogP contribution >= 0.6 is 0 Å². The molecule has 0 unspecified atom stereocenters. The van der Waals surface area contributed by atoms with Crippen LogP contribution in [0.2, 0.25) is 0 Å². The summed E-state index contributed by atoms with van der Waals surface area (Å²) in [6.45, 7) is 2.50. The van der Waals surface area contributed by atoms with E-state index in [1.807, 2.05) is 24.3 Å². The van der Waals surface area contributed by atoms with E-state index in [0.29, 0.717) is 6.61 Å². The average molecular weight is 440 g/mol. The summed E-state index contributed by atoms with van der Waals surface area (Å²) in [6.07, 6.45) is 1.03. The molecule has 2 aromatic carbocycles. The number of benzene rings is 2. The number of amides is 1. The Morgan fingerprint density at radius 3 is 2.31 bits per heavy atom. The molecule has 1 heterocycles. The van der Waals surface area contributed by atoms with Crippen LogP contribution in [0.15, 0.2) is 48.5 Å². The summed E-state index contributed by atoms with van der Waals surface area (Å²) in [5, 5.41) is 2.61. The van der Waals surface area contributed by atoms with E-state index in [2.05, 4.69) is 29.6 Å². The predicted molar refractivity (Wildman–Crippen MR) is 118 cm³/mol. The molecule has 7 heteroatoms. The standard InChI is InChI=1S/C25H29NO6/c1-16(32-22-13-7-8-14-30-22)23(24(27)29-2)26-25(28)31-15-21-19-11-5-3-9-17(19)18-10-4-6-12-20(18)21/h3-6,9-12,16,21-23H,7-8,13-15H2,1-2H3,(H,26,28)/t16-,22+,23+/m1/s1. The van der Waals surface area contributed by atoms with E-state index in [-0.39, 0.29) is 12.5 Å². The lowest BCUT2D eigenvalue weighted by Crippen LogP contribution is -2.50. The van der Waals surface area contributed by atoms with Gasteiger partial charge in [0, 0.05) is 12.5 Å². The zero-order valence-corrected chi connectivity index (χ0v) is 18.4. The summed E-state index contributed by atoms with van der Waals surface area (Å²) >= 11 is 0. The first-order valence-electron chi connectivity index (χ1n) is 11.0. The quantitative estimate of drug-likeness (QED) is 0.657. The molecule has 0 saturated carbocycles. The lowest BCUT2D eigenvalue weighted by Gasteiger charge is -2.29. The van der Waals surface area contributed by atoms with Crippen molar-refractivity contribution >= 4 is 12.1 Å². The number of hydrogen-bond donors (Lipinski definition) is 1. The number of fused-ring (bicyclic) bond motifs is 3. The molecule has 3 atom stereocenters. The summed E-state index contributed by atoms with van der Waals surface area (Å²) in [5.74, 6) is -0.657. The molecule has 1 amide bonds. The lowest BCUT2D eigenvalue weighted by molar-refractivity contribution is -0.193. The van der Waals surface area contributed by atoms with Gasteiger partial charge < -0.3 is 24.3 Å². The monoisotopic (exact) mass is 439 g/mol. The number of carbonyl (C=O) groups is 2. The number of nitrogens with one attached hydrogen (secondary N) is 1. The third kappa shape index (κ3) is 4.79. The summed E-state index contributed by atoms with van der Waals surface area (Å²) in [4.78, 5) is 24.9. The SMILES string of the molecule is COC(=O)[C@@H](NC(=O)OCC1c2ccccc2-c2ccccc21)[C@@H](C)O[C@H]1CCCCO1. The van der Waals surface area contributed by atoms with Crippen molar-refractivity contribution in [3.63, 3.8) is 0 Å². The highest BCUT2D eigenvalue weighted by Gasteiger charge is 2.33. The Morgan fingerprint density at radius 1 is 1.06 bits per heavy atom. The molecular weight excluding hydrogens is 410 g/mol. The fourth-order valence-corrected chi connectivity index (χ4v) is 4.40. The molecule has 2 aromatic rings. The molecule has 170 valence electrons. The van der Waals surface area contributed by atoms with Gasteiger partial charge in [-0.3, -0.25) is 0 Å². The first kappa shape index (κ1) is 22.3. The summed E-state index contributed by atoms with van der Waals surface area (Å²) < 4.78 is 21.9. The fraction of sp³-hybridized carbons (Fsp3) is 0.440. The minimum absolute atomic E-state index is 0.0611. The van der Waals surface area contributed by atoms with Crippen molar-refractivity contribution in [3.05, 3.63) is 59.7 Å². The first-order chi connectivity index (χ1) is 15.6. The number of carbonyl (C=O) groups excluding carboxylic acids is 2. The smallest absolute Gasteiger partial charge is 0.407 e. The first-order valence-corrected chi connectivity index (χ1v) is 11.0. The molecule has 32 heavy (non-hydrogen) atoms. The van der Waals surface area contributed by atoms with Crippen molar-refractivity contribution in [2.75, 3.05) is 20.3 Å². The molecule has 4 rings (SSSR count). The van der Waals surface area contributed by atoms with Gasteiger partial charge >= 0.3 is 12.1 Å². The minimum Gasteiger partial charge on any atom is -0.467 e. The number of rotatable bonds is 7. The maximum absolute atomic E-state index is 12.6. The molecule has 1 saturated heterocycles. The van der Waals surface area contributed by atoms with Crippen molar-refractivity contribution < 1.29 is 28.5 Å². The molecule has 0 radical (unpaired) electrons. The second-order valence-corrected chi connectivity index (χ2v) is 8.11. The second-order valence-electron chi connectivity index (χ2n) is 8.11. The van der Waals surface area contributed by atoms with E-state index in [0.717, 1.165) is 41.5 Å². The highest BCUT2D eigenvalue weighted by atomic mass is 16.7. The molecule has 2 aliphatic rings. The van der Waals surface area contributed by atoms with E-state index in [4.69, 9.17) is 18.9 Å². The summed E-state index contributed by atoms with van der Waals surface area (Å²) in [6, 6.07) is 15.2. The number of hydrogen-bond acceptors (Lipinski definition) is 6. The van der Waals surface area contributed by atoms with Crippen LogP contribution < -0.4 is 5.32 Å². The highest BCUT2D eigenvalue weighted by Crippen LogP contribution is 2.44. The molecule has 1 fully saturated rings. The van der Waals surface area contributed by atoms with Crippen molar-refractivity contribution in [3.8, 4) is 11.1 Å². The van der Waals surface area contributed by atoms with E-state index < -0.39 is 30.5 Å². The van der Waals surface area contributed by atoms with E-state index in [9.17, 15) is 9.59 Å². The zero-order valence-electron chi connectivity index (χ0n) is 18.4. The third-order valence-corrected chi connectivity index (χ3v) is 6.05. The van der Waals surface area contributed by atoms with E-state index >= 15 is 0 Å². The average Bonchev–Trinajstić information content (AvgIpc) is 3.15. The molecule has 7 nitrogen and oxygen atoms in total. The van der Waals surface area contributed by atoms with Gasteiger partial charge in [0.05, 0.1) is 13.2 Å². The predicted octanol–water partition coefficient (Wildman–Crippen LogP) is 4.00. The Bertz CT molecular complexity index is 909. The maximum atomic E-state index is 12.6. The lowest BCUT2D eigenvalue weighted by atomic mass is 9.98. The van der Waals surface area contributed by atoms with Crippen molar-refractivity contribution in [1.82, 2.24) is 5.32 Å². The maximum Gasteiger partial charge on any atom is 0.407 e. The van der Waals surface area contributed by atoms with Gasteiger partial charge in [0.1, 0.15) is 6.61 Å². The molecule has 1 N–H and O–H groups in total. The summed E-state index contributed by atoms with van der Waals surface area (Å²) in [7, 11) is 1.28. The number of ether oxygens (including phenoxy) is 4. The molecule has 1 aliphatic heterocycles. The van der Waals surface area contributed by atoms with Gasteiger partial charge in [-0.15, -0.1) is 0 Å². The Balaban J connectivity index is 1.40. The van der Waals surface area contributed by atoms with E-state index in [1.54, 1.807) is 6.92 Å². The zero-order chi connectivity index (χ0) is 22.5. The van der Waals surface area contributed by atoms with Crippen LogP contribution in [-0.4, -0.2) is 50.8 Å². The normalized spacial score (nSPS) is 19.4. The van der Waals surface area contributed by atoms with Gasteiger partial charge in [0.25, 0.3) is 0 Å². The van der Waals surface area contributed by atoms with Gasteiger partial charge in [-0.2, -0.15) is 0 Å². The second kappa shape index (κ2) is 10.1. The van der Waals surface area contributed by atoms with Crippen LogP contribution in [0.3, 0.4) is 0 Å². The molecular formula is C25H29NO6. The van der Waals surface area contributed by atoms with E-state index in [1.165, 1.54) is 7.11 Å². The third-order valence-electron chi connectivity index (χ3n) is 6.05. The Kier molecular flexibility index (Phi) is 7.07.